The quantitative estimate of drug-likeness (QED) is 0.236. The molecule has 0 saturated heterocycles. The molecule has 1 aliphatic carbocycles. The number of alkyl halides is 3. The van der Waals surface area contributed by atoms with E-state index in [-0.39, 0.29) is 6.10 Å². The van der Waals surface area contributed by atoms with Crippen molar-refractivity contribution in [1.29, 1.82) is 0 Å². The van der Waals surface area contributed by atoms with Gasteiger partial charge in [-0.05, 0) is 67.6 Å². The smallest absolute Gasteiger partial charge is 0.382 e. The molecule has 0 bridgehead atoms. The van der Waals surface area contributed by atoms with E-state index in [2.05, 4.69) is 10.3 Å². The maximum atomic E-state index is 13.3. The molecule has 0 radical (unpaired) electrons. The van der Waals surface area contributed by atoms with Gasteiger partial charge in [0.1, 0.15) is 0 Å². The van der Waals surface area contributed by atoms with Gasteiger partial charge in [0.05, 0.1) is 69.7 Å². The Balaban J connectivity index is 1.75. The summed E-state index contributed by atoms with van der Waals surface area (Å²) in [5, 5.41) is 4.07. The van der Waals surface area contributed by atoms with Crippen LogP contribution in [0.1, 0.15) is 11.3 Å². The molecule has 0 saturated carbocycles. The molecule has 2 heterocycles. The first kappa shape index (κ1) is 27.3. The number of pyridine rings is 1. The summed E-state index contributed by atoms with van der Waals surface area (Å²) in [6.45, 7) is 2.61. The number of para-hydroxylation sites is 2. The average Bonchev–Trinajstić information content (AvgIpc) is 2.95. The third-order valence-corrected chi connectivity index (χ3v) is 6.58. The SMILES string of the molecule is COCC(CN=c1cc2n(-c3ccc(C(F)(F)F)cc3)c3ccccc3nc-2cc1Nc1cccnc1C)OC. The van der Waals surface area contributed by atoms with E-state index >= 15 is 0 Å². The highest BCUT2D eigenvalue weighted by Gasteiger charge is 2.30. The predicted octanol–water partition coefficient (Wildman–Crippen LogP) is 6.16. The molecule has 7 nitrogen and oxygen atoms in total. The van der Waals surface area contributed by atoms with E-state index in [1.807, 2.05) is 60.0 Å². The topological polar surface area (TPSA) is 73.6 Å². The van der Waals surface area contributed by atoms with Crippen LogP contribution in [-0.4, -0.2) is 48.0 Å². The van der Waals surface area contributed by atoms with E-state index in [4.69, 9.17) is 19.5 Å². The number of methoxy groups -OCH3 is 2. The van der Waals surface area contributed by atoms with Crippen LogP contribution in [0, 0.1) is 6.92 Å². The molecule has 3 aromatic rings. The van der Waals surface area contributed by atoms with Crippen molar-refractivity contribution >= 4 is 22.4 Å². The standard InChI is InChI=1S/C30H28F3N5O2/c1-19-23(8-6-14-34-19)36-26-15-27-29(16-25(26)35-17-22(40-3)18-39-2)38(28-9-5-4-7-24(28)37-27)21-12-10-20(11-13-21)30(31,32)33/h4-16,22,36H,17-18H2,1-3H3. The fourth-order valence-corrected chi connectivity index (χ4v) is 4.49. The summed E-state index contributed by atoms with van der Waals surface area (Å²) in [6.07, 6.45) is -2.96. The van der Waals surface area contributed by atoms with E-state index in [1.54, 1.807) is 20.4 Å². The summed E-state index contributed by atoms with van der Waals surface area (Å²) >= 11 is 0. The Morgan fingerprint density at radius 3 is 2.45 bits per heavy atom. The number of nitrogens with zero attached hydrogens (tertiary/aromatic N) is 4. The van der Waals surface area contributed by atoms with Crippen LogP contribution in [-0.2, 0) is 15.7 Å². The highest BCUT2D eigenvalue weighted by Crippen LogP contribution is 2.33. The second-order valence-electron chi connectivity index (χ2n) is 9.25. The van der Waals surface area contributed by atoms with E-state index in [0.29, 0.717) is 46.8 Å². The zero-order chi connectivity index (χ0) is 28.3. The molecule has 5 rings (SSSR count). The molecule has 1 unspecified atom stereocenters. The van der Waals surface area contributed by atoms with Crippen molar-refractivity contribution in [2.45, 2.75) is 19.2 Å². The minimum Gasteiger partial charge on any atom is -0.382 e. The molecule has 0 spiro atoms. The van der Waals surface area contributed by atoms with Crippen LogP contribution in [0.2, 0.25) is 0 Å². The lowest BCUT2D eigenvalue weighted by Gasteiger charge is -2.21. The van der Waals surface area contributed by atoms with Crippen molar-refractivity contribution in [3.8, 4) is 17.1 Å². The van der Waals surface area contributed by atoms with Crippen LogP contribution >= 0.6 is 0 Å². The Morgan fingerprint density at radius 1 is 0.975 bits per heavy atom. The van der Waals surface area contributed by atoms with Crippen molar-refractivity contribution in [3.63, 3.8) is 0 Å². The Morgan fingerprint density at radius 2 is 1.75 bits per heavy atom. The molecule has 1 aromatic heterocycles. The van der Waals surface area contributed by atoms with Gasteiger partial charge in [-0.1, -0.05) is 12.1 Å². The molecule has 10 heteroatoms. The highest BCUT2D eigenvalue weighted by molar-refractivity contribution is 5.84. The van der Waals surface area contributed by atoms with Crippen molar-refractivity contribution < 1.29 is 22.6 Å². The summed E-state index contributed by atoms with van der Waals surface area (Å²) in [5.74, 6) is 0. The second kappa shape index (κ2) is 11.4. The highest BCUT2D eigenvalue weighted by atomic mass is 19.4. The summed E-state index contributed by atoms with van der Waals surface area (Å²) in [4.78, 5) is 14.1. The summed E-state index contributed by atoms with van der Waals surface area (Å²) in [5.41, 5.74) is 4.97. The molecule has 1 aliphatic heterocycles. The van der Waals surface area contributed by atoms with Crippen molar-refractivity contribution in [1.82, 2.24) is 14.5 Å². The van der Waals surface area contributed by atoms with Gasteiger partial charge in [0, 0.05) is 26.1 Å². The molecule has 2 aliphatic rings. The Bertz CT molecular complexity index is 1670. The Labute approximate surface area is 229 Å². The van der Waals surface area contributed by atoms with Gasteiger partial charge in [0.25, 0.3) is 0 Å². The zero-order valence-corrected chi connectivity index (χ0v) is 22.2. The Hall–Kier alpha value is -4.28. The third kappa shape index (κ3) is 5.68. The van der Waals surface area contributed by atoms with Crippen molar-refractivity contribution in [2.24, 2.45) is 4.99 Å². The summed E-state index contributed by atoms with van der Waals surface area (Å²) < 4.78 is 52.6. The number of nitrogens with one attached hydrogen (secondary N) is 1. The monoisotopic (exact) mass is 547 g/mol. The number of anilines is 2. The number of halogens is 3. The lowest BCUT2D eigenvalue weighted by atomic mass is 10.1. The van der Waals surface area contributed by atoms with Crippen LogP contribution < -0.4 is 10.7 Å². The van der Waals surface area contributed by atoms with Gasteiger partial charge in [-0.25, -0.2) is 4.98 Å². The molecule has 0 fully saturated rings. The number of aromatic nitrogens is 3. The maximum Gasteiger partial charge on any atom is 0.416 e. The van der Waals surface area contributed by atoms with Crippen molar-refractivity contribution in [2.75, 3.05) is 32.7 Å². The van der Waals surface area contributed by atoms with Crippen LogP contribution in [0.4, 0.5) is 24.5 Å². The van der Waals surface area contributed by atoms with Crippen LogP contribution in [0.25, 0.3) is 28.1 Å². The third-order valence-electron chi connectivity index (χ3n) is 6.58. The number of benzene rings is 3. The van der Waals surface area contributed by atoms with Crippen LogP contribution in [0.3, 0.4) is 0 Å². The summed E-state index contributed by atoms with van der Waals surface area (Å²) in [6, 6.07) is 20.2. The van der Waals surface area contributed by atoms with Gasteiger partial charge in [0.2, 0.25) is 0 Å². The number of ether oxygens (including phenoxy) is 2. The van der Waals surface area contributed by atoms with Crippen LogP contribution in [0.5, 0.6) is 0 Å². The molecule has 40 heavy (non-hydrogen) atoms. The van der Waals surface area contributed by atoms with E-state index in [1.165, 1.54) is 12.1 Å². The number of aryl methyl sites for hydroxylation is 1. The maximum absolute atomic E-state index is 13.3. The normalized spacial score (nSPS) is 13.2. The lowest BCUT2D eigenvalue weighted by Crippen LogP contribution is -2.23. The molecule has 206 valence electrons. The van der Waals surface area contributed by atoms with E-state index < -0.39 is 11.7 Å². The first-order valence-corrected chi connectivity index (χ1v) is 12.6. The first-order valence-electron chi connectivity index (χ1n) is 12.6. The predicted molar refractivity (Wildman–Crippen MR) is 148 cm³/mol. The largest absolute Gasteiger partial charge is 0.416 e. The zero-order valence-electron chi connectivity index (χ0n) is 22.2. The minimum atomic E-state index is -4.43. The van der Waals surface area contributed by atoms with Crippen molar-refractivity contribution in [3.05, 3.63) is 95.6 Å². The molecule has 1 atom stereocenters. The fourth-order valence-electron chi connectivity index (χ4n) is 4.49. The molecule has 1 N–H and O–H groups in total. The van der Waals surface area contributed by atoms with E-state index in [0.717, 1.165) is 29.0 Å². The van der Waals surface area contributed by atoms with Crippen LogP contribution in [0.15, 0.2) is 84.0 Å². The molecular weight excluding hydrogens is 519 g/mol. The van der Waals surface area contributed by atoms with Gasteiger partial charge in [-0.15, -0.1) is 0 Å². The van der Waals surface area contributed by atoms with Gasteiger partial charge in [-0.3, -0.25) is 9.98 Å². The van der Waals surface area contributed by atoms with Gasteiger partial charge >= 0.3 is 6.18 Å². The second-order valence-corrected chi connectivity index (χ2v) is 9.25. The number of hydrogen-bond acceptors (Lipinski definition) is 6. The fraction of sp³-hybridized carbons (Fsp3) is 0.233. The number of fused-ring (bicyclic) bond motifs is 2. The number of hydrogen-bond donors (Lipinski definition) is 1. The Kier molecular flexibility index (Phi) is 7.81. The minimum absolute atomic E-state index is 0.259. The lowest BCUT2D eigenvalue weighted by molar-refractivity contribution is -0.137. The van der Waals surface area contributed by atoms with Gasteiger partial charge < -0.3 is 19.4 Å². The molecule has 0 amide bonds. The average molecular weight is 548 g/mol. The number of rotatable bonds is 8. The summed E-state index contributed by atoms with van der Waals surface area (Å²) in [7, 11) is 3.20. The first-order chi connectivity index (χ1) is 19.3. The molecular formula is C30H28F3N5O2. The van der Waals surface area contributed by atoms with Gasteiger partial charge in [-0.2, -0.15) is 13.2 Å². The van der Waals surface area contributed by atoms with E-state index in [9.17, 15) is 13.2 Å². The molecule has 2 aromatic carbocycles. The van der Waals surface area contributed by atoms with Gasteiger partial charge in [0.15, 0.2) is 0 Å².